The van der Waals surface area contributed by atoms with Crippen molar-refractivity contribution in [3.8, 4) is 5.75 Å². The molecule has 0 spiro atoms. The van der Waals surface area contributed by atoms with E-state index < -0.39 is 11.0 Å². The van der Waals surface area contributed by atoms with Gasteiger partial charge >= 0.3 is 6.09 Å². The van der Waals surface area contributed by atoms with Gasteiger partial charge in [-0.3, -0.25) is 15.4 Å². The van der Waals surface area contributed by atoms with Crippen LogP contribution >= 0.6 is 0 Å². The molecular formula is C16H17N3O4. The number of carbonyl (C=O) groups excluding carboxylic acids is 1. The number of amides is 1. The molecule has 0 saturated heterocycles. The van der Waals surface area contributed by atoms with Crippen molar-refractivity contribution in [2.75, 3.05) is 19.4 Å². The minimum atomic E-state index is -0.652. The summed E-state index contributed by atoms with van der Waals surface area (Å²) in [4.78, 5) is 23.9. The van der Waals surface area contributed by atoms with Gasteiger partial charge in [0, 0.05) is 24.4 Å². The van der Waals surface area contributed by atoms with E-state index in [1.54, 1.807) is 12.1 Å². The van der Waals surface area contributed by atoms with Gasteiger partial charge in [-0.25, -0.2) is 4.79 Å². The zero-order valence-electron chi connectivity index (χ0n) is 12.9. The summed E-state index contributed by atoms with van der Waals surface area (Å²) in [6, 6.07) is 12.8. The molecule has 0 aliphatic heterocycles. The van der Waals surface area contributed by atoms with E-state index in [9.17, 15) is 14.9 Å². The summed E-state index contributed by atoms with van der Waals surface area (Å²) in [5, 5.41) is 13.1. The van der Waals surface area contributed by atoms with Gasteiger partial charge in [-0.05, 0) is 43.9 Å². The summed E-state index contributed by atoms with van der Waals surface area (Å²) < 4.78 is 5.22. The topological polar surface area (TPSA) is 84.7 Å². The average Bonchev–Trinajstić information content (AvgIpc) is 2.47. The van der Waals surface area contributed by atoms with Gasteiger partial charge in [0.05, 0.1) is 4.92 Å². The third kappa shape index (κ3) is 5.08. The molecule has 7 nitrogen and oxygen atoms in total. The number of anilines is 1. The van der Waals surface area contributed by atoms with Gasteiger partial charge < -0.3 is 9.64 Å². The van der Waals surface area contributed by atoms with Crippen molar-refractivity contribution in [2.24, 2.45) is 0 Å². The lowest BCUT2D eigenvalue weighted by Gasteiger charge is -2.11. The van der Waals surface area contributed by atoms with E-state index in [2.05, 4.69) is 5.32 Å². The summed E-state index contributed by atoms with van der Waals surface area (Å²) in [6.07, 6.45) is -0.652. The van der Waals surface area contributed by atoms with E-state index in [0.717, 1.165) is 12.1 Å². The van der Waals surface area contributed by atoms with Crippen LogP contribution < -0.4 is 10.1 Å². The van der Waals surface area contributed by atoms with Crippen LogP contribution in [0.15, 0.2) is 48.5 Å². The molecule has 0 saturated carbocycles. The van der Waals surface area contributed by atoms with Crippen LogP contribution in [0.1, 0.15) is 5.56 Å². The predicted octanol–water partition coefficient (Wildman–Crippen LogP) is 3.27. The SMILES string of the molecule is CN(C)Cc1cccc(OC(=O)Nc2ccc([N+](=O)[O-])cc2)c1. The molecule has 0 atom stereocenters. The van der Waals surface area contributed by atoms with Gasteiger partial charge in [0.25, 0.3) is 5.69 Å². The van der Waals surface area contributed by atoms with Gasteiger partial charge in [-0.1, -0.05) is 12.1 Å². The van der Waals surface area contributed by atoms with Crippen LogP contribution in [-0.2, 0) is 6.54 Å². The molecule has 0 aliphatic carbocycles. The lowest BCUT2D eigenvalue weighted by atomic mass is 10.2. The second-order valence-electron chi connectivity index (χ2n) is 5.20. The Kier molecular flexibility index (Phi) is 5.27. The van der Waals surface area contributed by atoms with E-state index in [-0.39, 0.29) is 5.69 Å². The van der Waals surface area contributed by atoms with E-state index in [4.69, 9.17) is 4.74 Å². The average molecular weight is 315 g/mol. The van der Waals surface area contributed by atoms with Crippen molar-refractivity contribution in [1.29, 1.82) is 0 Å². The van der Waals surface area contributed by atoms with Crippen molar-refractivity contribution in [2.45, 2.75) is 6.54 Å². The maximum Gasteiger partial charge on any atom is 0.417 e. The molecule has 0 fully saturated rings. The minimum Gasteiger partial charge on any atom is -0.410 e. The maximum atomic E-state index is 11.9. The molecule has 7 heteroatoms. The second kappa shape index (κ2) is 7.37. The number of rotatable bonds is 5. The normalized spacial score (nSPS) is 10.4. The number of nitrogens with zero attached hydrogens (tertiary/aromatic N) is 2. The van der Waals surface area contributed by atoms with Crippen molar-refractivity contribution in [3.63, 3.8) is 0 Å². The minimum absolute atomic E-state index is 0.0414. The number of hydrogen-bond acceptors (Lipinski definition) is 5. The summed E-state index contributed by atoms with van der Waals surface area (Å²) >= 11 is 0. The lowest BCUT2D eigenvalue weighted by molar-refractivity contribution is -0.384. The fraction of sp³-hybridized carbons (Fsp3) is 0.188. The summed E-state index contributed by atoms with van der Waals surface area (Å²) in [6.45, 7) is 0.737. The highest BCUT2D eigenvalue weighted by Crippen LogP contribution is 2.17. The molecule has 0 aliphatic rings. The zero-order chi connectivity index (χ0) is 16.8. The molecule has 1 amide bonds. The number of non-ortho nitro benzene ring substituents is 1. The fourth-order valence-electron chi connectivity index (χ4n) is 1.99. The first-order valence-corrected chi connectivity index (χ1v) is 6.91. The summed E-state index contributed by atoms with van der Waals surface area (Å²) in [5.74, 6) is 0.434. The van der Waals surface area contributed by atoms with Crippen molar-refractivity contribution in [1.82, 2.24) is 4.90 Å². The fourth-order valence-corrected chi connectivity index (χ4v) is 1.99. The number of nitrogens with one attached hydrogen (secondary N) is 1. The molecule has 2 aromatic rings. The number of nitro groups is 1. The van der Waals surface area contributed by atoms with E-state index >= 15 is 0 Å². The van der Waals surface area contributed by atoms with Crippen LogP contribution in [0.25, 0.3) is 0 Å². The quantitative estimate of drug-likeness (QED) is 0.676. The smallest absolute Gasteiger partial charge is 0.410 e. The van der Waals surface area contributed by atoms with Crippen LogP contribution in [0.3, 0.4) is 0 Å². The van der Waals surface area contributed by atoms with E-state index in [1.807, 2.05) is 31.1 Å². The highest BCUT2D eigenvalue weighted by Gasteiger charge is 2.08. The Bertz CT molecular complexity index is 699. The molecule has 0 radical (unpaired) electrons. The van der Waals surface area contributed by atoms with Gasteiger partial charge in [0.15, 0.2) is 0 Å². The Labute approximate surface area is 133 Å². The molecule has 1 N–H and O–H groups in total. The van der Waals surface area contributed by atoms with Crippen LogP contribution in [0.5, 0.6) is 5.75 Å². The third-order valence-corrected chi connectivity index (χ3v) is 2.93. The molecule has 2 aromatic carbocycles. The largest absolute Gasteiger partial charge is 0.417 e. The van der Waals surface area contributed by atoms with Gasteiger partial charge in [-0.2, -0.15) is 0 Å². The molecule has 0 unspecified atom stereocenters. The Hall–Kier alpha value is -2.93. The van der Waals surface area contributed by atoms with Crippen LogP contribution in [-0.4, -0.2) is 30.0 Å². The number of benzene rings is 2. The number of carbonyl (C=O) groups is 1. The first-order chi connectivity index (χ1) is 10.9. The summed E-state index contributed by atoms with van der Waals surface area (Å²) in [7, 11) is 3.91. The maximum absolute atomic E-state index is 11.9. The number of hydrogen-bond donors (Lipinski definition) is 1. The second-order valence-corrected chi connectivity index (χ2v) is 5.20. The molecule has 0 aromatic heterocycles. The molecule has 0 bridgehead atoms. The van der Waals surface area contributed by atoms with Crippen LogP contribution in [0.4, 0.5) is 16.2 Å². The predicted molar refractivity (Wildman–Crippen MR) is 86.6 cm³/mol. The number of nitro benzene ring substituents is 1. The Morgan fingerprint density at radius 2 is 1.91 bits per heavy atom. The van der Waals surface area contributed by atoms with Crippen LogP contribution in [0.2, 0.25) is 0 Å². The van der Waals surface area contributed by atoms with Gasteiger partial charge in [0.2, 0.25) is 0 Å². The molecule has 120 valence electrons. The molecule has 23 heavy (non-hydrogen) atoms. The Morgan fingerprint density at radius 1 is 1.22 bits per heavy atom. The van der Waals surface area contributed by atoms with Crippen LogP contribution in [0, 0.1) is 10.1 Å². The lowest BCUT2D eigenvalue weighted by Crippen LogP contribution is -2.17. The van der Waals surface area contributed by atoms with E-state index in [1.165, 1.54) is 24.3 Å². The van der Waals surface area contributed by atoms with Gasteiger partial charge in [-0.15, -0.1) is 0 Å². The molecular weight excluding hydrogens is 298 g/mol. The summed E-state index contributed by atoms with van der Waals surface area (Å²) in [5.41, 5.74) is 1.40. The highest BCUT2D eigenvalue weighted by molar-refractivity contribution is 5.86. The molecule has 0 heterocycles. The highest BCUT2D eigenvalue weighted by atomic mass is 16.6. The zero-order valence-corrected chi connectivity index (χ0v) is 12.9. The number of ether oxygens (including phenoxy) is 1. The molecule has 2 rings (SSSR count). The first-order valence-electron chi connectivity index (χ1n) is 6.91. The van der Waals surface area contributed by atoms with Crippen molar-refractivity contribution in [3.05, 3.63) is 64.2 Å². The third-order valence-electron chi connectivity index (χ3n) is 2.93. The van der Waals surface area contributed by atoms with Crippen molar-refractivity contribution >= 4 is 17.5 Å². The van der Waals surface area contributed by atoms with Gasteiger partial charge in [0.1, 0.15) is 5.75 Å². The monoisotopic (exact) mass is 315 g/mol. The Balaban J connectivity index is 1.97. The first kappa shape index (κ1) is 16.4. The van der Waals surface area contributed by atoms with E-state index in [0.29, 0.717) is 11.4 Å². The standard InChI is InChI=1S/C16H17N3O4/c1-18(2)11-12-4-3-5-15(10-12)23-16(20)17-13-6-8-14(9-7-13)19(21)22/h3-10H,11H2,1-2H3,(H,17,20). The Morgan fingerprint density at radius 3 is 2.52 bits per heavy atom. The van der Waals surface area contributed by atoms with Crippen molar-refractivity contribution < 1.29 is 14.5 Å².